The number of oxime groups is 1. The van der Waals surface area contributed by atoms with Gasteiger partial charge in [0.1, 0.15) is 6.61 Å². The van der Waals surface area contributed by atoms with E-state index in [9.17, 15) is 4.79 Å². The number of nitrogens with zero attached hydrogens (tertiary/aromatic N) is 1. The molecule has 0 unspecified atom stereocenters. The van der Waals surface area contributed by atoms with E-state index in [1.807, 2.05) is 41.5 Å². The van der Waals surface area contributed by atoms with Gasteiger partial charge in [0.05, 0.1) is 5.71 Å². The Balaban J connectivity index is -0.000000656. The first-order chi connectivity index (χ1) is 9.66. The summed E-state index contributed by atoms with van der Waals surface area (Å²) in [6.45, 7) is 15.2. The number of nitrogens with one attached hydrogen (secondary N) is 1. The van der Waals surface area contributed by atoms with E-state index in [2.05, 4.69) is 17.4 Å². The maximum atomic E-state index is 11.3. The third-order valence-electron chi connectivity index (χ3n) is 1.99. The Bertz CT molecular complexity index is 213. The maximum absolute atomic E-state index is 11.3. The van der Waals surface area contributed by atoms with Gasteiger partial charge < -0.3 is 10.2 Å². The average Bonchev–Trinajstić information content (AvgIpc) is 2.47. The van der Waals surface area contributed by atoms with Crippen molar-refractivity contribution in [1.82, 2.24) is 5.32 Å². The summed E-state index contributed by atoms with van der Waals surface area (Å²) in [5.74, 6) is 0.108. The Kier molecular flexibility index (Phi) is 27.7. The highest BCUT2D eigenvalue weighted by Gasteiger charge is 1.99. The van der Waals surface area contributed by atoms with Gasteiger partial charge in [0.25, 0.3) is 0 Å². The molecule has 122 valence electrons. The molecule has 0 saturated heterocycles. The Morgan fingerprint density at radius 1 is 1.05 bits per heavy atom. The molecule has 0 radical (unpaired) electrons. The number of hydrogen-bond donors (Lipinski definition) is 1. The Labute approximate surface area is 126 Å². The van der Waals surface area contributed by atoms with Crippen molar-refractivity contribution >= 4 is 11.6 Å². The third kappa shape index (κ3) is 25.7. The standard InChI is InChI=1S/C12H24N2O2.2C2H6/c1-4-5-6-9-13-12(15)8-7-10-16-14-11(2)3;2*1-2/h4-10H2,1-3H3,(H,13,15);2*1-2H3. The molecule has 0 aromatic rings. The fourth-order valence-electron chi connectivity index (χ4n) is 1.16. The van der Waals surface area contributed by atoms with E-state index in [1.54, 1.807) is 0 Å². The zero-order chi connectivity index (χ0) is 16.2. The van der Waals surface area contributed by atoms with E-state index >= 15 is 0 Å². The van der Waals surface area contributed by atoms with Crippen LogP contribution >= 0.6 is 0 Å². The number of unbranched alkanes of at least 4 members (excludes halogenated alkanes) is 2. The van der Waals surface area contributed by atoms with Crippen LogP contribution in [0.25, 0.3) is 0 Å². The van der Waals surface area contributed by atoms with Crippen molar-refractivity contribution in [1.29, 1.82) is 0 Å². The Hall–Kier alpha value is -1.06. The molecule has 1 amide bonds. The molecular formula is C16H36N2O2. The lowest BCUT2D eigenvalue weighted by atomic mass is 10.2. The first-order valence-corrected chi connectivity index (χ1v) is 8.06. The molecule has 0 spiro atoms. The molecule has 0 fully saturated rings. The minimum absolute atomic E-state index is 0.108. The second-order valence-corrected chi connectivity index (χ2v) is 4.03. The summed E-state index contributed by atoms with van der Waals surface area (Å²) in [4.78, 5) is 16.3. The minimum atomic E-state index is 0.108. The largest absolute Gasteiger partial charge is 0.396 e. The predicted molar refractivity (Wildman–Crippen MR) is 89.2 cm³/mol. The van der Waals surface area contributed by atoms with Crippen molar-refractivity contribution in [2.45, 2.75) is 80.6 Å². The Morgan fingerprint density at radius 3 is 2.15 bits per heavy atom. The first kappa shape index (κ1) is 24.0. The maximum Gasteiger partial charge on any atom is 0.220 e. The van der Waals surface area contributed by atoms with Gasteiger partial charge in [0.2, 0.25) is 5.91 Å². The van der Waals surface area contributed by atoms with Gasteiger partial charge in [-0.15, -0.1) is 0 Å². The van der Waals surface area contributed by atoms with Crippen LogP contribution in [0.1, 0.15) is 80.6 Å². The van der Waals surface area contributed by atoms with Gasteiger partial charge in [-0.3, -0.25) is 4.79 Å². The van der Waals surface area contributed by atoms with E-state index < -0.39 is 0 Å². The van der Waals surface area contributed by atoms with Crippen LogP contribution in [0.5, 0.6) is 0 Å². The second kappa shape index (κ2) is 23.1. The molecule has 0 aromatic carbocycles. The lowest BCUT2D eigenvalue weighted by molar-refractivity contribution is -0.121. The molecule has 0 aromatic heterocycles. The lowest BCUT2D eigenvalue weighted by Crippen LogP contribution is -2.24. The predicted octanol–water partition coefficient (Wildman–Crippen LogP) is 4.54. The number of carbonyl (C=O) groups excluding carboxylic acids is 1. The van der Waals surface area contributed by atoms with Crippen LogP contribution in [0.4, 0.5) is 0 Å². The second-order valence-electron chi connectivity index (χ2n) is 4.03. The van der Waals surface area contributed by atoms with Crippen molar-refractivity contribution in [3.05, 3.63) is 0 Å². The van der Waals surface area contributed by atoms with Crippen LogP contribution in [0.3, 0.4) is 0 Å². The fraction of sp³-hybridized carbons (Fsp3) is 0.875. The molecule has 0 aliphatic carbocycles. The number of amides is 1. The molecule has 0 bridgehead atoms. The molecule has 20 heavy (non-hydrogen) atoms. The molecule has 4 nitrogen and oxygen atoms in total. The number of carbonyl (C=O) groups is 1. The summed E-state index contributed by atoms with van der Waals surface area (Å²) in [6, 6.07) is 0. The summed E-state index contributed by atoms with van der Waals surface area (Å²) < 4.78 is 0. The molecule has 0 atom stereocenters. The van der Waals surface area contributed by atoms with Crippen molar-refractivity contribution in [2.75, 3.05) is 13.2 Å². The monoisotopic (exact) mass is 288 g/mol. The van der Waals surface area contributed by atoms with Gasteiger partial charge in [-0.1, -0.05) is 52.6 Å². The topological polar surface area (TPSA) is 50.7 Å². The summed E-state index contributed by atoms with van der Waals surface area (Å²) in [5.41, 5.74) is 0.893. The van der Waals surface area contributed by atoms with Gasteiger partial charge >= 0.3 is 0 Å². The normalized spacial score (nSPS) is 8.35. The summed E-state index contributed by atoms with van der Waals surface area (Å²) in [6.07, 6.45) is 4.66. The van der Waals surface area contributed by atoms with Gasteiger partial charge in [0.15, 0.2) is 0 Å². The van der Waals surface area contributed by atoms with Crippen molar-refractivity contribution in [2.24, 2.45) is 5.16 Å². The van der Waals surface area contributed by atoms with Crippen molar-refractivity contribution in [3.63, 3.8) is 0 Å². The van der Waals surface area contributed by atoms with E-state index in [4.69, 9.17) is 4.84 Å². The molecule has 0 saturated carbocycles. The number of rotatable bonds is 9. The first-order valence-electron chi connectivity index (χ1n) is 8.06. The van der Waals surface area contributed by atoms with Crippen LogP contribution in [0.15, 0.2) is 5.16 Å². The molecule has 4 heteroatoms. The van der Waals surface area contributed by atoms with E-state index in [-0.39, 0.29) is 5.91 Å². The molecule has 0 heterocycles. The van der Waals surface area contributed by atoms with E-state index in [0.717, 1.165) is 25.1 Å². The van der Waals surface area contributed by atoms with Gasteiger partial charge in [-0.05, 0) is 26.7 Å². The van der Waals surface area contributed by atoms with Gasteiger partial charge in [-0.2, -0.15) is 0 Å². The van der Waals surface area contributed by atoms with Gasteiger partial charge in [-0.25, -0.2) is 0 Å². The smallest absolute Gasteiger partial charge is 0.220 e. The van der Waals surface area contributed by atoms with Gasteiger partial charge in [0, 0.05) is 13.0 Å². The van der Waals surface area contributed by atoms with Crippen molar-refractivity contribution < 1.29 is 9.63 Å². The molecule has 0 aliphatic heterocycles. The van der Waals surface area contributed by atoms with Crippen LogP contribution < -0.4 is 5.32 Å². The van der Waals surface area contributed by atoms with Crippen LogP contribution in [0.2, 0.25) is 0 Å². The van der Waals surface area contributed by atoms with E-state index in [1.165, 1.54) is 12.8 Å². The third-order valence-corrected chi connectivity index (χ3v) is 1.99. The van der Waals surface area contributed by atoms with Crippen LogP contribution in [0, 0.1) is 0 Å². The zero-order valence-corrected chi connectivity index (χ0v) is 14.7. The highest BCUT2D eigenvalue weighted by molar-refractivity contribution is 5.78. The number of hydrogen-bond acceptors (Lipinski definition) is 3. The summed E-state index contributed by atoms with van der Waals surface area (Å²) in [7, 11) is 0. The highest BCUT2D eigenvalue weighted by atomic mass is 16.6. The summed E-state index contributed by atoms with van der Waals surface area (Å²) in [5, 5.41) is 6.68. The Morgan fingerprint density at radius 2 is 1.65 bits per heavy atom. The fourth-order valence-corrected chi connectivity index (χ4v) is 1.16. The molecular weight excluding hydrogens is 252 g/mol. The molecule has 0 rings (SSSR count). The molecule has 1 N–H and O–H groups in total. The zero-order valence-electron chi connectivity index (χ0n) is 14.7. The molecule has 0 aliphatic rings. The SMILES string of the molecule is CC.CC.CCCCCNC(=O)CCCON=C(C)C. The minimum Gasteiger partial charge on any atom is -0.396 e. The summed E-state index contributed by atoms with van der Waals surface area (Å²) >= 11 is 0. The average molecular weight is 288 g/mol. The van der Waals surface area contributed by atoms with Crippen molar-refractivity contribution in [3.8, 4) is 0 Å². The quantitative estimate of drug-likeness (QED) is 0.385. The lowest BCUT2D eigenvalue weighted by Gasteiger charge is -2.04. The van der Waals surface area contributed by atoms with Crippen LogP contribution in [-0.4, -0.2) is 24.8 Å². The highest BCUT2D eigenvalue weighted by Crippen LogP contribution is 1.94. The van der Waals surface area contributed by atoms with Crippen LogP contribution in [-0.2, 0) is 9.63 Å². The van der Waals surface area contributed by atoms with E-state index in [0.29, 0.717) is 13.0 Å².